The van der Waals surface area contributed by atoms with E-state index in [9.17, 15) is 13.2 Å². The summed E-state index contributed by atoms with van der Waals surface area (Å²) in [5, 5.41) is 7.57. The maximum atomic E-state index is 13.6. The van der Waals surface area contributed by atoms with Crippen molar-refractivity contribution >= 4 is 27.3 Å². The molecule has 1 aromatic heterocycles. The maximum absolute atomic E-state index is 13.6. The smallest absolute Gasteiger partial charge is 0.239 e. The van der Waals surface area contributed by atoms with Crippen LogP contribution in [0.25, 0.3) is 5.69 Å². The molecule has 1 saturated heterocycles. The first kappa shape index (κ1) is 30.5. The Hall–Kier alpha value is -3.95. The lowest BCUT2D eigenvalue weighted by atomic mass is 9.92. The number of carbonyl (C=O) groups is 1. The second kappa shape index (κ2) is 13.6. The number of hydrogen-bond acceptors (Lipinski definition) is 5. The number of benzene rings is 3. The number of piperidine rings is 1. The molecular weight excluding hydrogens is 558 g/mol. The summed E-state index contributed by atoms with van der Waals surface area (Å²) in [7, 11) is -3.59. The van der Waals surface area contributed by atoms with Crippen LogP contribution in [0, 0.1) is 19.8 Å². The highest BCUT2D eigenvalue weighted by atomic mass is 32.2. The number of rotatable bonds is 11. The van der Waals surface area contributed by atoms with Crippen LogP contribution in [-0.4, -0.2) is 54.7 Å². The van der Waals surface area contributed by atoms with Gasteiger partial charge in [0.05, 0.1) is 22.8 Å². The van der Waals surface area contributed by atoms with Gasteiger partial charge in [0, 0.05) is 30.4 Å². The van der Waals surface area contributed by atoms with Crippen molar-refractivity contribution < 1.29 is 13.2 Å². The molecule has 0 aliphatic carbocycles. The molecule has 1 N–H and O–H groups in total. The highest BCUT2D eigenvalue weighted by molar-refractivity contribution is 7.92. The minimum absolute atomic E-state index is 0.0209. The Labute approximate surface area is 255 Å². The summed E-state index contributed by atoms with van der Waals surface area (Å²) >= 11 is 0. The predicted octanol–water partition coefficient (Wildman–Crippen LogP) is 5.95. The molecule has 1 aliphatic rings. The van der Waals surface area contributed by atoms with E-state index in [1.54, 1.807) is 4.31 Å². The Bertz CT molecular complexity index is 1600. The summed E-state index contributed by atoms with van der Waals surface area (Å²) in [5.74, 6) is 0.273. The quantitative estimate of drug-likeness (QED) is 0.230. The average Bonchev–Trinajstić information content (AvgIpc) is 3.34. The second-order valence-corrected chi connectivity index (χ2v) is 13.5. The second-order valence-electron chi connectivity index (χ2n) is 11.6. The van der Waals surface area contributed by atoms with Crippen molar-refractivity contribution in [2.75, 3.05) is 29.3 Å². The lowest BCUT2D eigenvalue weighted by Gasteiger charge is -2.38. The fourth-order valence-electron chi connectivity index (χ4n) is 5.84. The summed E-state index contributed by atoms with van der Waals surface area (Å²) in [6, 6.07) is 28.5. The molecule has 3 aromatic carbocycles. The van der Waals surface area contributed by atoms with Gasteiger partial charge >= 0.3 is 0 Å². The SMILES string of the molecule is Cc1cc(C)n(-c2ccc(NC(=O)CC3CCN([C@H](C)CN(c4ccccc4)S(=O)(=O)Cc4ccccc4)CC3)cc2)n1. The molecule has 1 fully saturated rings. The van der Waals surface area contributed by atoms with Crippen LogP contribution in [0.5, 0.6) is 0 Å². The highest BCUT2D eigenvalue weighted by Crippen LogP contribution is 2.26. The number of aryl methyl sites for hydroxylation is 2. The molecule has 0 unspecified atom stereocenters. The van der Waals surface area contributed by atoms with Gasteiger partial charge in [0.1, 0.15) is 0 Å². The Balaban J connectivity index is 1.14. The zero-order valence-electron chi connectivity index (χ0n) is 25.2. The number of sulfonamides is 1. The van der Waals surface area contributed by atoms with Crippen molar-refractivity contribution in [2.45, 2.75) is 51.8 Å². The van der Waals surface area contributed by atoms with Gasteiger partial charge in [0.25, 0.3) is 0 Å². The normalized spacial score (nSPS) is 15.2. The molecule has 0 spiro atoms. The van der Waals surface area contributed by atoms with Gasteiger partial charge in [-0.25, -0.2) is 13.1 Å². The van der Waals surface area contributed by atoms with E-state index in [2.05, 4.69) is 22.2 Å². The van der Waals surface area contributed by atoms with Crippen molar-refractivity contribution in [3.8, 4) is 5.69 Å². The monoisotopic (exact) mass is 599 g/mol. The van der Waals surface area contributed by atoms with E-state index < -0.39 is 10.0 Å². The largest absolute Gasteiger partial charge is 0.326 e. The van der Waals surface area contributed by atoms with E-state index >= 15 is 0 Å². The average molecular weight is 600 g/mol. The number of nitrogens with one attached hydrogen (secondary N) is 1. The Morgan fingerprint density at radius 1 is 0.953 bits per heavy atom. The van der Waals surface area contributed by atoms with Gasteiger partial charge in [-0.1, -0.05) is 48.5 Å². The number of carbonyl (C=O) groups excluding carboxylic acids is 1. The van der Waals surface area contributed by atoms with E-state index in [1.165, 1.54) is 0 Å². The number of aromatic nitrogens is 2. The molecule has 9 heteroatoms. The third-order valence-corrected chi connectivity index (χ3v) is 9.88. The van der Waals surface area contributed by atoms with E-state index in [-0.39, 0.29) is 17.7 Å². The lowest BCUT2D eigenvalue weighted by Crippen LogP contribution is -2.48. The van der Waals surface area contributed by atoms with Gasteiger partial charge in [-0.2, -0.15) is 5.10 Å². The number of anilines is 2. The van der Waals surface area contributed by atoms with Crippen molar-refractivity contribution in [1.82, 2.24) is 14.7 Å². The van der Waals surface area contributed by atoms with Crippen molar-refractivity contribution in [1.29, 1.82) is 0 Å². The lowest BCUT2D eigenvalue weighted by molar-refractivity contribution is -0.117. The highest BCUT2D eigenvalue weighted by Gasteiger charge is 2.29. The van der Waals surface area contributed by atoms with Crippen LogP contribution in [0.4, 0.5) is 11.4 Å². The standard InChI is InChI=1S/C34H41N5O3S/c1-26-22-27(2)39(36-26)33-16-14-31(15-17-33)35-34(40)23-29-18-20-37(21-19-29)28(3)24-38(32-12-8-5-9-13-32)43(41,42)25-30-10-6-4-7-11-30/h4-17,22,28-29H,18-21,23-25H2,1-3H3,(H,35,40)/t28-/m1/s1. The molecule has 4 aromatic rings. The molecule has 1 amide bonds. The third-order valence-electron chi connectivity index (χ3n) is 8.15. The van der Waals surface area contributed by atoms with Crippen LogP contribution < -0.4 is 9.62 Å². The Morgan fingerprint density at radius 2 is 1.58 bits per heavy atom. The Morgan fingerprint density at radius 3 is 2.19 bits per heavy atom. The van der Waals surface area contributed by atoms with E-state index in [0.717, 1.165) is 54.3 Å². The molecule has 0 radical (unpaired) electrons. The van der Waals surface area contributed by atoms with Crippen LogP contribution >= 0.6 is 0 Å². The van der Waals surface area contributed by atoms with Crippen molar-refractivity contribution in [3.63, 3.8) is 0 Å². The summed E-state index contributed by atoms with van der Waals surface area (Å²) < 4.78 is 30.7. The topological polar surface area (TPSA) is 87.5 Å². The molecule has 0 bridgehead atoms. The molecule has 1 aliphatic heterocycles. The summed E-state index contributed by atoms with van der Waals surface area (Å²) in [6.45, 7) is 8.12. The molecule has 43 heavy (non-hydrogen) atoms. The number of amides is 1. The fourth-order valence-corrected chi connectivity index (χ4v) is 7.50. The minimum atomic E-state index is -3.59. The molecule has 2 heterocycles. The summed E-state index contributed by atoms with van der Waals surface area (Å²) in [5.41, 5.74) is 5.23. The van der Waals surface area contributed by atoms with E-state index in [4.69, 9.17) is 0 Å². The predicted molar refractivity (Wildman–Crippen MR) is 173 cm³/mol. The zero-order chi connectivity index (χ0) is 30.4. The fraction of sp³-hybridized carbons (Fsp3) is 0.353. The van der Waals surface area contributed by atoms with Gasteiger partial charge in [-0.05, 0) is 101 Å². The van der Waals surface area contributed by atoms with Crippen LogP contribution in [0.15, 0.2) is 91.0 Å². The first-order valence-electron chi connectivity index (χ1n) is 14.9. The van der Waals surface area contributed by atoms with Crippen LogP contribution in [0.3, 0.4) is 0 Å². The molecular formula is C34H41N5O3S. The first-order chi connectivity index (χ1) is 20.7. The van der Waals surface area contributed by atoms with Crippen LogP contribution in [0.1, 0.15) is 43.1 Å². The van der Waals surface area contributed by atoms with Gasteiger partial charge < -0.3 is 5.32 Å². The third kappa shape index (κ3) is 7.91. The summed E-state index contributed by atoms with van der Waals surface area (Å²) in [4.78, 5) is 15.2. The number of para-hydroxylation sites is 1. The Kier molecular flexibility index (Phi) is 9.62. The van der Waals surface area contributed by atoms with E-state index in [1.807, 2.05) is 110 Å². The van der Waals surface area contributed by atoms with Crippen molar-refractivity contribution in [3.05, 3.63) is 108 Å². The molecule has 8 nitrogen and oxygen atoms in total. The molecule has 1 atom stereocenters. The number of likely N-dealkylation sites (tertiary alicyclic amines) is 1. The zero-order valence-corrected chi connectivity index (χ0v) is 26.0. The van der Waals surface area contributed by atoms with Gasteiger partial charge in [0.2, 0.25) is 15.9 Å². The first-order valence-corrected chi connectivity index (χ1v) is 16.6. The van der Waals surface area contributed by atoms with Crippen molar-refractivity contribution in [2.24, 2.45) is 5.92 Å². The number of nitrogens with zero attached hydrogens (tertiary/aromatic N) is 4. The minimum Gasteiger partial charge on any atom is -0.326 e. The van der Waals surface area contributed by atoms with Crippen LogP contribution in [0.2, 0.25) is 0 Å². The molecule has 226 valence electrons. The number of hydrogen-bond donors (Lipinski definition) is 1. The van der Waals surface area contributed by atoms with Crippen LogP contribution in [-0.2, 0) is 20.6 Å². The van der Waals surface area contributed by atoms with E-state index in [0.29, 0.717) is 24.6 Å². The van der Waals surface area contributed by atoms with Gasteiger partial charge in [0.15, 0.2) is 0 Å². The summed E-state index contributed by atoms with van der Waals surface area (Å²) in [6.07, 6.45) is 2.27. The van der Waals surface area contributed by atoms with Gasteiger partial charge in [-0.15, -0.1) is 0 Å². The van der Waals surface area contributed by atoms with Gasteiger partial charge in [-0.3, -0.25) is 14.0 Å². The molecule has 5 rings (SSSR count). The molecule has 0 saturated carbocycles. The maximum Gasteiger partial charge on any atom is 0.239 e.